The monoisotopic (exact) mass is 426 g/mol. The van der Waals surface area contributed by atoms with Gasteiger partial charge in [-0.05, 0) is 48.5 Å². The van der Waals surface area contributed by atoms with Gasteiger partial charge in [0.05, 0.1) is 11.4 Å². The summed E-state index contributed by atoms with van der Waals surface area (Å²) in [6.07, 6.45) is 3.23. The van der Waals surface area contributed by atoms with Crippen LogP contribution in [0.2, 0.25) is 5.02 Å². The molecule has 2 aromatic carbocycles. The minimum atomic E-state index is -0.225. The van der Waals surface area contributed by atoms with Crippen LogP contribution in [-0.4, -0.2) is 49.4 Å². The Hall–Kier alpha value is -2.83. The average Bonchev–Trinajstić information content (AvgIpc) is 2.73. The fourth-order valence-electron chi connectivity index (χ4n) is 3.42. The second-order valence-corrected chi connectivity index (χ2v) is 7.64. The van der Waals surface area contributed by atoms with Crippen LogP contribution in [0.3, 0.4) is 0 Å². The van der Waals surface area contributed by atoms with Gasteiger partial charge in [0.1, 0.15) is 0 Å². The topological polar surface area (TPSA) is 64.7 Å². The molecule has 2 aromatic rings. The molecule has 158 valence electrons. The lowest BCUT2D eigenvalue weighted by atomic mass is 10.2. The highest BCUT2D eigenvalue weighted by Gasteiger charge is 2.19. The fourth-order valence-corrected chi connectivity index (χ4v) is 3.59. The molecule has 0 aromatic heterocycles. The number of carbonyl (C=O) groups excluding carboxylic acids is 2. The molecule has 30 heavy (non-hydrogen) atoms. The van der Waals surface area contributed by atoms with Gasteiger partial charge in [0.15, 0.2) is 0 Å². The normalized spacial score (nSPS) is 14.7. The zero-order valence-corrected chi connectivity index (χ0v) is 18.1. The van der Waals surface area contributed by atoms with Crippen LogP contribution in [0.25, 0.3) is 6.08 Å². The van der Waals surface area contributed by atoms with Crippen LogP contribution in [0.1, 0.15) is 19.4 Å². The maximum absolute atomic E-state index is 12.5. The molecule has 1 heterocycles. The van der Waals surface area contributed by atoms with Crippen LogP contribution < -0.4 is 15.5 Å². The molecule has 3 rings (SSSR count). The van der Waals surface area contributed by atoms with Crippen molar-refractivity contribution >= 4 is 46.6 Å². The predicted molar refractivity (Wildman–Crippen MR) is 124 cm³/mol. The van der Waals surface area contributed by atoms with E-state index in [1.54, 1.807) is 24.3 Å². The number of hydrogen-bond donors (Lipinski definition) is 2. The van der Waals surface area contributed by atoms with E-state index in [1.165, 1.54) is 13.0 Å². The van der Waals surface area contributed by atoms with E-state index in [2.05, 4.69) is 27.4 Å². The Kier molecular flexibility index (Phi) is 7.49. The lowest BCUT2D eigenvalue weighted by Gasteiger charge is -2.36. The van der Waals surface area contributed by atoms with Crippen molar-refractivity contribution in [1.29, 1.82) is 0 Å². The summed E-state index contributed by atoms with van der Waals surface area (Å²) in [4.78, 5) is 28.3. The third-order valence-electron chi connectivity index (χ3n) is 5.03. The summed E-state index contributed by atoms with van der Waals surface area (Å²) in [6, 6.07) is 12.9. The Bertz CT molecular complexity index is 919. The summed E-state index contributed by atoms with van der Waals surface area (Å²) in [6.45, 7) is 8.51. The first-order valence-corrected chi connectivity index (χ1v) is 10.5. The lowest BCUT2D eigenvalue weighted by Crippen LogP contribution is -2.46. The third-order valence-corrected chi connectivity index (χ3v) is 5.27. The van der Waals surface area contributed by atoms with Crippen molar-refractivity contribution < 1.29 is 9.59 Å². The largest absolute Gasteiger partial charge is 0.367 e. The van der Waals surface area contributed by atoms with Gasteiger partial charge in [0, 0.05) is 49.9 Å². The van der Waals surface area contributed by atoms with Crippen molar-refractivity contribution in [2.24, 2.45) is 0 Å². The van der Waals surface area contributed by atoms with E-state index in [-0.39, 0.29) is 11.8 Å². The molecule has 2 amide bonds. The van der Waals surface area contributed by atoms with E-state index in [1.807, 2.05) is 24.3 Å². The third kappa shape index (κ3) is 6.08. The molecule has 1 saturated heterocycles. The molecule has 0 radical (unpaired) electrons. The number of halogens is 1. The van der Waals surface area contributed by atoms with E-state index in [0.29, 0.717) is 10.7 Å². The first kappa shape index (κ1) is 21.9. The zero-order valence-electron chi connectivity index (χ0n) is 17.3. The van der Waals surface area contributed by atoms with Crippen molar-refractivity contribution in [2.45, 2.75) is 13.8 Å². The summed E-state index contributed by atoms with van der Waals surface area (Å²) in [5.74, 6) is -0.345. The molecule has 0 saturated carbocycles. The SMILES string of the molecule is CCN1CCN(c2ccc(Cl)cc2NC(=O)/C=C/c2ccc(NC(C)=O)cc2)CC1. The molecule has 7 heteroatoms. The minimum absolute atomic E-state index is 0.119. The van der Waals surface area contributed by atoms with Gasteiger partial charge < -0.3 is 20.4 Å². The van der Waals surface area contributed by atoms with Crippen LogP contribution in [0.5, 0.6) is 0 Å². The number of likely N-dealkylation sites (N-methyl/N-ethyl adjacent to an activating group) is 1. The molecular weight excluding hydrogens is 400 g/mol. The molecule has 0 aliphatic carbocycles. The number of nitrogens with one attached hydrogen (secondary N) is 2. The first-order chi connectivity index (χ1) is 14.4. The van der Waals surface area contributed by atoms with Crippen molar-refractivity contribution in [1.82, 2.24) is 4.90 Å². The summed E-state index contributed by atoms with van der Waals surface area (Å²) < 4.78 is 0. The van der Waals surface area contributed by atoms with E-state index < -0.39 is 0 Å². The number of amides is 2. The lowest BCUT2D eigenvalue weighted by molar-refractivity contribution is -0.114. The van der Waals surface area contributed by atoms with Gasteiger partial charge in [-0.25, -0.2) is 0 Å². The number of piperazine rings is 1. The van der Waals surface area contributed by atoms with Gasteiger partial charge >= 0.3 is 0 Å². The Morgan fingerprint density at radius 2 is 1.73 bits per heavy atom. The molecular formula is C23H27ClN4O2. The number of carbonyl (C=O) groups is 2. The standard InChI is InChI=1S/C23H27ClN4O2/c1-3-27-12-14-28(15-13-27)22-10-7-19(24)16-21(22)26-23(30)11-6-18-4-8-20(9-5-18)25-17(2)29/h4-11,16H,3,12-15H2,1-2H3,(H,25,29)(H,26,30)/b11-6+. The molecule has 0 atom stereocenters. The highest BCUT2D eigenvalue weighted by atomic mass is 35.5. The van der Waals surface area contributed by atoms with Gasteiger partial charge in [-0.15, -0.1) is 0 Å². The number of benzene rings is 2. The Labute approximate surface area is 182 Å². The maximum atomic E-state index is 12.5. The van der Waals surface area contributed by atoms with Gasteiger partial charge in [-0.1, -0.05) is 30.7 Å². The fraction of sp³-hybridized carbons (Fsp3) is 0.304. The van der Waals surface area contributed by atoms with Crippen LogP contribution in [-0.2, 0) is 9.59 Å². The molecule has 6 nitrogen and oxygen atoms in total. The summed E-state index contributed by atoms with van der Waals surface area (Å²) in [7, 11) is 0. The maximum Gasteiger partial charge on any atom is 0.248 e. The predicted octanol–water partition coefficient (Wildman–Crippen LogP) is 4.09. The molecule has 1 aliphatic rings. The Balaban J connectivity index is 1.66. The molecule has 1 fully saturated rings. The van der Waals surface area contributed by atoms with Crippen molar-refractivity contribution in [3.63, 3.8) is 0 Å². The van der Waals surface area contributed by atoms with Gasteiger partial charge in [0.2, 0.25) is 11.8 Å². The molecule has 1 aliphatic heterocycles. The van der Waals surface area contributed by atoms with Gasteiger partial charge in [-0.3, -0.25) is 9.59 Å². The highest BCUT2D eigenvalue weighted by Crippen LogP contribution is 2.30. The molecule has 0 unspecified atom stereocenters. The minimum Gasteiger partial charge on any atom is -0.367 e. The average molecular weight is 427 g/mol. The van der Waals surface area contributed by atoms with Crippen LogP contribution in [0.4, 0.5) is 17.1 Å². The highest BCUT2D eigenvalue weighted by molar-refractivity contribution is 6.31. The van der Waals surface area contributed by atoms with Crippen LogP contribution in [0.15, 0.2) is 48.5 Å². The number of rotatable bonds is 6. The van der Waals surface area contributed by atoms with E-state index in [9.17, 15) is 9.59 Å². The second kappa shape index (κ2) is 10.3. The van der Waals surface area contributed by atoms with Crippen molar-refractivity contribution in [2.75, 3.05) is 48.3 Å². The second-order valence-electron chi connectivity index (χ2n) is 7.21. The van der Waals surface area contributed by atoms with Crippen LogP contribution >= 0.6 is 11.6 Å². The molecule has 0 bridgehead atoms. The van der Waals surface area contributed by atoms with Crippen molar-refractivity contribution in [3.05, 3.63) is 59.1 Å². The Morgan fingerprint density at radius 3 is 2.37 bits per heavy atom. The van der Waals surface area contributed by atoms with E-state index >= 15 is 0 Å². The van der Waals surface area contributed by atoms with Crippen molar-refractivity contribution in [3.8, 4) is 0 Å². The Morgan fingerprint density at radius 1 is 1.03 bits per heavy atom. The first-order valence-electron chi connectivity index (χ1n) is 10.1. The molecule has 2 N–H and O–H groups in total. The number of anilines is 3. The quantitative estimate of drug-likeness (QED) is 0.683. The smallest absolute Gasteiger partial charge is 0.248 e. The van der Waals surface area contributed by atoms with Crippen LogP contribution in [0, 0.1) is 0 Å². The summed E-state index contributed by atoms with van der Waals surface area (Å²) in [5, 5.41) is 6.26. The van der Waals surface area contributed by atoms with E-state index in [4.69, 9.17) is 11.6 Å². The zero-order chi connectivity index (χ0) is 21.5. The molecule has 0 spiro atoms. The van der Waals surface area contributed by atoms with Gasteiger partial charge in [0.25, 0.3) is 0 Å². The number of hydrogen-bond acceptors (Lipinski definition) is 4. The summed E-state index contributed by atoms with van der Waals surface area (Å²) in [5.41, 5.74) is 3.27. The number of nitrogens with zero attached hydrogens (tertiary/aromatic N) is 2. The van der Waals surface area contributed by atoms with Gasteiger partial charge in [-0.2, -0.15) is 0 Å². The van der Waals surface area contributed by atoms with E-state index in [0.717, 1.165) is 49.7 Å². The summed E-state index contributed by atoms with van der Waals surface area (Å²) >= 11 is 6.18.